The zero-order valence-electron chi connectivity index (χ0n) is 10.8. The molecular formula is C13H15ClN2O2. The van der Waals surface area contributed by atoms with Gasteiger partial charge in [-0.15, -0.1) is 0 Å². The summed E-state index contributed by atoms with van der Waals surface area (Å²) in [6.45, 7) is 7.07. The Labute approximate surface area is 112 Å². The molecule has 0 heterocycles. The van der Waals surface area contributed by atoms with E-state index in [1.54, 1.807) is 33.8 Å². The van der Waals surface area contributed by atoms with Crippen LogP contribution in [0.1, 0.15) is 31.9 Å². The first-order valence-electron chi connectivity index (χ1n) is 5.43. The van der Waals surface area contributed by atoms with Gasteiger partial charge in [0.05, 0.1) is 11.3 Å². The highest BCUT2D eigenvalue weighted by Gasteiger charge is 2.18. The predicted octanol–water partition coefficient (Wildman–Crippen LogP) is 3.87. The number of anilines is 1. The smallest absolute Gasteiger partial charge is 0.412 e. The predicted molar refractivity (Wildman–Crippen MR) is 70.8 cm³/mol. The highest BCUT2D eigenvalue weighted by molar-refractivity contribution is 6.30. The number of ether oxygens (including phenoxy) is 1. The van der Waals surface area contributed by atoms with Crippen molar-refractivity contribution in [1.82, 2.24) is 0 Å². The van der Waals surface area contributed by atoms with Crippen LogP contribution in [0.2, 0.25) is 5.02 Å². The van der Waals surface area contributed by atoms with Gasteiger partial charge in [0.1, 0.15) is 11.7 Å². The molecular weight excluding hydrogens is 252 g/mol. The Balaban J connectivity index is 2.98. The first kappa shape index (κ1) is 14.3. The fourth-order valence-corrected chi connectivity index (χ4v) is 1.68. The van der Waals surface area contributed by atoms with Crippen LogP contribution in [-0.2, 0) is 4.74 Å². The molecule has 4 nitrogen and oxygen atoms in total. The third-order valence-corrected chi connectivity index (χ3v) is 2.26. The molecule has 1 amide bonds. The van der Waals surface area contributed by atoms with E-state index in [1.165, 1.54) is 6.07 Å². The van der Waals surface area contributed by atoms with E-state index in [1.807, 2.05) is 6.07 Å². The Kier molecular flexibility index (Phi) is 4.20. The van der Waals surface area contributed by atoms with Gasteiger partial charge in [0.2, 0.25) is 0 Å². The highest BCUT2D eigenvalue weighted by Crippen LogP contribution is 2.25. The third-order valence-electron chi connectivity index (χ3n) is 2.05. The molecule has 5 heteroatoms. The summed E-state index contributed by atoms with van der Waals surface area (Å²) >= 11 is 5.85. The van der Waals surface area contributed by atoms with E-state index in [0.29, 0.717) is 21.8 Å². The molecule has 0 bridgehead atoms. The monoisotopic (exact) mass is 266 g/mol. The number of aryl methyl sites for hydroxylation is 1. The minimum Gasteiger partial charge on any atom is -0.444 e. The molecule has 1 rings (SSSR count). The Hall–Kier alpha value is -1.73. The third kappa shape index (κ3) is 3.94. The number of halogens is 1. The van der Waals surface area contributed by atoms with Crippen molar-refractivity contribution in [3.8, 4) is 6.07 Å². The maximum Gasteiger partial charge on any atom is 0.412 e. The van der Waals surface area contributed by atoms with Crippen molar-refractivity contribution in [2.75, 3.05) is 5.32 Å². The van der Waals surface area contributed by atoms with Gasteiger partial charge in [0, 0.05) is 5.02 Å². The van der Waals surface area contributed by atoms with Gasteiger partial charge in [-0.2, -0.15) is 5.26 Å². The van der Waals surface area contributed by atoms with Crippen LogP contribution in [-0.4, -0.2) is 11.7 Å². The van der Waals surface area contributed by atoms with Crippen LogP contribution < -0.4 is 5.32 Å². The summed E-state index contributed by atoms with van der Waals surface area (Å²) in [7, 11) is 0. The van der Waals surface area contributed by atoms with Crippen molar-refractivity contribution in [3.63, 3.8) is 0 Å². The van der Waals surface area contributed by atoms with Crippen molar-refractivity contribution >= 4 is 23.4 Å². The lowest BCUT2D eigenvalue weighted by Gasteiger charge is -2.20. The van der Waals surface area contributed by atoms with Crippen molar-refractivity contribution < 1.29 is 9.53 Å². The summed E-state index contributed by atoms with van der Waals surface area (Å²) < 4.78 is 5.13. The summed E-state index contributed by atoms with van der Waals surface area (Å²) in [5.74, 6) is 0. The van der Waals surface area contributed by atoms with Gasteiger partial charge in [0.25, 0.3) is 0 Å². The van der Waals surface area contributed by atoms with Gasteiger partial charge in [-0.1, -0.05) is 11.6 Å². The normalized spacial score (nSPS) is 10.7. The molecule has 1 aromatic rings. The largest absolute Gasteiger partial charge is 0.444 e. The van der Waals surface area contributed by atoms with Gasteiger partial charge in [-0.05, 0) is 45.4 Å². The van der Waals surface area contributed by atoms with E-state index in [0.717, 1.165) is 0 Å². The van der Waals surface area contributed by atoms with Crippen LogP contribution in [0.3, 0.4) is 0 Å². The zero-order chi connectivity index (χ0) is 13.9. The van der Waals surface area contributed by atoms with Crippen molar-refractivity contribution in [1.29, 1.82) is 5.26 Å². The Morgan fingerprint density at radius 3 is 2.56 bits per heavy atom. The number of nitriles is 1. The number of carbonyl (C=O) groups excluding carboxylic acids is 1. The second kappa shape index (κ2) is 5.28. The standard InChI is InChI=1S/C13H15ClN2O2/c1-8-5-10(14)6-9(7-15)11(8)16-12(17)18-13(2,3)4/h5-6H,1-4H3,(H,16,17). The Morgan fingerprint density at radius 1 is 1.44 bits per heavy atom. The maximum atomic E-state index is 11.7. The fraction of sp³-hybridized carbons (Fsp3) is 0.385. The first-order chi connectivity index (χ1) is 8.23. The fourth-order valence-electron chi connectivity index (χ4n) is 1.40. The van der Waals surface area contributed by atoms with E-state index in [4.69, 9.17) is 21.6 Å². The number of rotatable bonds is 1. The number of hydrogen-bond acceptors (Lipinski definition) is 3. The number of nitrogens with zero attached hydrogens (tertiary/aromatic N) is 1. The van der Waals surface area contributed by atoms with E-state index in [2.05, 4.69) is 5.32 Å². The average molecular weight is 267 g/mol. The molecule has 0 aromatic heterocycles. The molecule has 0 atom stereocenters. The van der Waals surface area contributed by atoms with Gasteiger partial charge >= 0.3 is 6.09 Å². The maximum absolute atomic E-state index is 11.7. The van der Waals surface area contributed by atoms with Crippen molar-refractivity contribution in [3.05, 3.63) is 28.3 Å². The van der Waals surface area contributed by atoms with E-state index in [9.17, 15) is 4.79 Å². The number of benzene rings is 1. The first-order valence-corrected chi connectivity index (χ1v) is 5.81. The number of hydrogen-bond donors (Lipinski definition) is 1. The average Bonchev–Trinajstić information content (AvgIpc) is 2.18. The number of nitrogens with one attached hydrogen (secondary N) is 1. The minimum absolute atomic E-state index is 0.311. The van der Waals surface area contributed by atoms with E-state index in [-0.39, 0.29) is 0 Å². The summed E-state index contributed by atoms with van der Waals surface area (Å²) in [4.78, 5) is 11.7. The Morgan fingerprint density at radius 2 is 2.06 bits per heavy atom. The molecule has 0 saturated heterocycles. The minimum atomic E-state index is -0.593. The SMILES string of the molecule is Cc1cc(Cl)cc(C#N)c1NC(=O)OC(C)(C)C. The molecule has 0 fully saturated rings. The lowest BCUT2D eigenvalue weighted by molar-refractivity contribution is 0.0636. The molecule has 0 radical (unpaired) electrons. The summed E-state index contributed by atoms with van der Waals surface area (Å²) in [5, 5.41) is 12.0. The Bertz CT molecular complexity index is 513. The molecule has 0 aliphatic rings. The zero-order valence-corrected chi connectivity index (χ0v) is 11.6. The van der Waals surface area contributed by atoms with Gasteiger partial charge in [-0.25, -0.2) is 4.79 Å². The molecule has 96 valence electrons. The second-order valence-corrected chi connectivity index (χ2v) is 5.32. The molecule has 0 aliphatic carbocycles. The van der Waals surface area contributed by atoms with Crippen LogP contribution in [0.4, 0.5) is 10.5 Å². The topological polar surface area (TPSA) is 62.1 Å². The molecule has 0 aliphatic heterocycles. The van der Waals surface area contributed by atoms with Gasteiger partial charge in [0.15, 0.2) is 0 Å². The van der Waals surface area contributed by atoms with Gasteiger partial charge in [-0.3, -0.25) is 5.32 Å². The molecule has 0 saturated carbocycles. The van der Waals surface area contributed by atoms with E-state index >= 15 is 0 Å². The van der Waals surface area contributed by atoms with Crippen LogP contribution in [0, 0.1) is 18.3 Å². The summed E-state index contributed by atoms with van der Waals surface area (Å²) in [5.41, 5.74) is 0.865. The summed E-state index contributed by atoms with van der Waals surface area (Å²) in [6.07, 6.45) is -0.593. The summed E-state index contributed by atoms with van der Waals surface area (Å²) in [6, 6.07) is 5.17. The second-order valence-electron chi connectivity index (χ2n) is 4.88. The number of amides is 1. The van der Waals surface area contributed by atoms with Crippen molar-refractivity contribution in [2.24, 2.45) is 0 Å². The lowest BCUT2D eigenvalue weighted by Crippen LogP contribution is -2.27. The van der Waals surface area contributed by atoms with Crippen LogP contribution in [0.15, 0.2) is 12.1 Å². The molecule has 18 heavy (non-hydrogen) atoms. The van der Waals surface area contributed by atoms with E-state index < -0.39 is 11.7 Å². The van der Waals surface area contributed by atoms with Crippen LogP contribution >= 0.6 is 11.6 Å². The molecule has 1 N–H and O–H groups in total. The number of carbonyl (C=O) groups is 1. The molecule has 1 aromatic carbocycles. The van der Waals surface area contributed by atoms with Crippen molar-refractivity contribution in [2.45, 2.75) is 33.3 Å². The lowest BCUT2D eigenvalue weighted by atomic mass is 10.1. The quantitative estimate of drug-likeness (QED) is 0.839. The molecule has 0 unspecified atom stereocenters. The van der Waals surface area contributed by atoms with Crippen LogP contribution in [0.25, 0.3) is 0 Å². The van der Waals surface area contributed by atoms with Gasteiger partial charge < -0.3 is 4.74 Å². The van der Waals surface area contributed by atoms with Crippen LogP contribution in [0.5, 0.6) is 0 Å². The highest BCUT2D eigenvalue weighted by atomic mass is 35.5. The molecule has 0 spiro atoms.